The van der Waals surface area contributed by atoms with Gasteiger partial charge in [0.2, 0.25) is 0 Å². The summed E-state index contributed by atoms with van der Waals surface area (Å²) in [6.45, 7) is 2.04. The van der Waals surface area contributed by atoms with Crippen molar-refractivity contribution in [3.63, 3.8) is 0 Å². The van der Waals surface area contributed by atoms with E-state index in [-0.39, 0.29) is 0 Å². The number of nitrogens with zero attached hydrogens (tertiary/aromatic N) is 2. The number of anilines is 1. The average Bonchev–Trinajstić information content (AvgIpc) is 2.42. The number of hydrogen-bond donors (Lipinski definition) is 1. The molecule has 1 aromatic rings. The number of carbonyl (C=O) groups excluding carboxylic acids is 1. The standard InChI is InChI=1S/C9H11N3O2/c1-3-14-8(13)5-4-7-6-12(2)11-9(7)10/h6H,3H2,1-2H3,(H2,10,11). The lowest BCUT2D eigenvalue weighted by atomic mass is 10.3. The second-order valence-electron chi connectivity index (χ2n) is 2.57. The van der Waals surface area contributed by atoms with Gasteiger partial charge in [-0.3, -0.25) is 4.68 Å². The Balaban J connectivity index is 2.77. The second-order valence-corrected chi connectivity index (χ2v) is 2.57. The Morgan fingerprint density at radius 3 is 3.00 bits per heavy atom. The number of rotatable bonds is 1. The molecule has 1 rings (SSSR count). The summed E-state index contributed by atoms with van der Waals surface area (Å²) in [7, 11) is 1.73. The maximum atomic E-state index is 10.9. The minimum absolute atomic E-state index is 0.310. The predicted molar refractivity (Wildman–Crippen MR) is 51.1 cm³/mol. The van der Waals surface area contributed by atoms with Gasteiger partial charge in [0.15, 0.2) is 5.82 Å². The second kappa shape index (κ2) is 4.33. The third kappa shape index (κ3) is 2.52. The fourth-order valence-corrected chi connectivity index (χ4v) is 0.887. The molecule has 5 nitrogen and oxygen atoms in total. The van der Waals surface area contributed by atoms with Crippen LogP contribution < -0.4 is 5.73 Å². The zero-order valence-electron chi connectivity index (χ0n) is 8.07. The molecule has 5 heteroatoms. The Labute approximate surface area is 81.8 Å². The highest BCUT2D eigenvalue weighted by atomic mass is 16.5. The van der Waals surface area contributed by atoms with Gasteiger partial charge in [-0.1, -0.05) is 0 Å². The average molecular weight is 193 g/mol. The van der Waals surface area contributed by atoms with Crippen LogP contribution in [0.4, 0.5) is 5.82 Å². The van der Waals surface area contributed by atoms with Crippen molar-refractivity contribution in [3.8, 4) is 11.8 Å². The highest BCUT2D eigenvalue weighted by Gasteiger charge is 2.00. The zero-order chi connectivity index (χ0) is 10.6. The first kappa shape index (κ1) is 10.1. The molecule has 14 heavy (non-hydrogen) atoms. The fraction of sp³-hybridized carbons (Fsp3) is 0.333. The maximum absolute atomic E-state index is 10.9. The van der Waals surface area contributed by atoms with Crippen LogP contribution in [0.25, 0.3) is 0 Å². The summed E-state index contributed by atoms with van der Waals surface area (Å²) in [6.07, 6.45) is 1.64. The number of aryl methyl sites for hydroxylation is 1. The number of hydrogen-bond acceptors (Lipinski definition) is 4. The van der Waals surface area contributed by atoms with Gasteiger partial charge in [-0.05, 0) is 12.8 Å². The number of nitrogens with two attached hydrogens (primary N) is 1. The number of aromatic nitrogens is 2. The Kier molecular flexibility index (Phi) is 3.13. The molecule has 0 saturated carbocycles. The van der Waals surface area contributed by atoms with Crippen molar-refractivity contribution in [1.29, 1.82) is 0 Å². The SMILES string of the molecule is CCOC(=O)C#Cc1cn(C)nc1N. The maximum Gasteiger partial charge on any atom is 0.384 e. The molecule has 0 amide bonds. The van der Waals surface area contributed by atoms with E-state index < -0.39 is 5.97 Å². The van der Waals surface area contributed by atoms with Crippen molar-refractivity contribution < 1.29 is 9.53 Å². The van der Waals surface area contributed by atoms with Crippen molar-refractivity contribution in [2.24, 2.45) is 7.05 Å². The molecule has 0 fully saturated rings. The van der Waals surface area contributed by atoms with E-state index in [2.05, 4.69) is 21.7 Å². The van der Waals surface area contributed by atoms with Crippen LogP contribution >= 0.6 is 0 Å². The van der Waals surface area contributed by atoms with Gasteiger partial charge in [0.1, 0.15) is 0 Å². The zero-order valence-corrected chi connectivity index (χ0v) is 8.07. The molecule has 0 aromatic carbocycles. The van der Waals surface area contributed by atoms with E-state index in [1.807, 2.05) is 0 Å². The van der Waals surface area contributed by atoms with E-state index in [1.54, 1.807) is 20.2 Å². The van der Waals surface area contributed by atoms with Crippen LogP contribution in [0.3, 0.4) is 0 Å². The van der Waals surface area contributed by atoms with Crippen LogP contribution in [-0.2, 0) is 16.6 Å². The van der Waals surface area contributed by atoms with Crippen molar-refractivity contribution in [1.82, 2.24) is 9.78 Å². The Morgan fingerprint density at radius 1 is 1.79 bits per heavy atom. The van der Waals surface area contributed by atoms with Crippen molar-refractivity contribution in [2.45, 2.75) is 6.92 Å². The number of carbonyl (C=O) groups is 1. The normalized spacial score (nSPS) is 9.00. The van der Waals surface area contributed by atoms with E-state index >= 15 is 0 Å². The molecule has 0 atom stereocenters. The molecule has 0 aliphatic heterocycles. The van der Waals surface area contributed by atoms with E-state index in [0.717, 1.165) is 0 Å². The first-order valence-electron chi connectivity index (χ1n) is 4.11. The fourth-order valence-electron chi connectivity index (χ4n) is 0.887. The third-order valence-corrected chi connectivity index (χ3v) is 1.43. The minimum Gasteiger partial charge on any atom is -0.456 e. The van der Waals surface area contributed by atoms with Gasteiger partial charge in [-0.2, -0.15) is 5.10 Å². The monoisotopic (exact) mass is 193 g/mol. The molecular weight excluding hydrogens is 182 g/mol. The first-order chi connectivity index (χ1) is 6.63. The molecule has 0 aliphatic carbocycles. The smallest absolute Gasteiger partial charge is 0.384 e. The van der Waals surface area contributed by atoms with Crippen LogP contribution in [0.1, 0.15) is 12.5 Å². The van der Waals surface area contributed by atoms with Gasteiger partial charge in [0, 0.05) is 19.2 Å². The largest absolute Gasteiger partial charge is 0.456 e. The van der Waals surface area contributed by atoms with Crippen LogP contribution in [0.5, 0.6) is 0 Å². The van der Waals surface area contributed by atoms with Gasteiger partial charge in [0.05, 0.1) is 12.2 Å². The van der Waals surface area contributed by atoms with Crippen LogP contribution in [0.2, 0.25) is 0 Å². The number of nitrogen functional groups attached to an aromatic ring is 1. The van der Waals surface area contributed by atoms with Crippen LogP contribution in [-0.4, -0.2) is 22.4 Å². The van der Waals surface area contributed by atoms with E-state index in [9.17, 15) is 4.79 Å². The topological polar surface area (TPSA) is 70.1 Å². The van der Waals surface area contributed by atoms with Gasteiger partial charge in [-0.25, -0.2) is 4.79 Å². The number of esters is 1. The van der Waals surface area contributed by atoms with Gasteiger partial charge < -0.3 is 10.5 Å². The lowest BCUT2D eigenvalue weighted by molar-refractivity contribution is -0.136. The predicted octanol–water partition coefficient (Wildman–Crippen LogP) is -0.0831. The van der Waals surface area contributed by atoms with E-state index in [4.69, 9.17) is 5.73 Å². The quantitative estimate of drug-likeness (QED) is 0.500. The van der Waals surface area contributed by atoms with Crippen molar-refractivity contribution in [2.75, 3.05) is 12.3 Å². The van der Waals surface area contributed by atoms with E-state index in [0.29, 0.717) is 18.0 Å². The summed E-state index contributed by atoms with van der Waals surface area (Å²) in [5, 5.41) is 3.87. The number of ether oxygens (including phenoxy) is 1. The van der Waals surface area contributed by atoms with Crippen molar-refractivity contribution in [3.05, 3.63) is 11.8 Å². The third-order valence-electron chi connectivity index (χ3n) is 1.43. The minimum atomic E-state index is -0.559. The molecule has 0 aliphatic rings. The van der Waals surface area contributed by atoms with Gasteiger partial charge in [-0.15, -0.1) is 0 Å². The molecule has 1 heterocycles. The molecule has 0 saturated heterocycles. The summed E-state index contributed by atoms with van der Waals surface area (Å²) in [6, 6.07) is 0. The van der Waals surface area contributed by atoms with Gasteiger partial charge >= 0.3 is 5.97 Å². The Hall–Kier alpha value is -1.96. The molecule has 0 bridgehead atoms. The Bertz CT molecular complexity index is 398. The summed E-state index contributed by atoms with van der Waals surface area (Å²) < 4.78 is 6.16. The first-order valence-corrected chi connectivity index (χ1v) is 4.11. The lowest BCUT2D eigenvalue weighted by Gasteiger charge is -1.90. The molecule has 2 N–H and O–H groups in total. The van der Waals surface area contributed by atoms with E-state index in [1.165, 1.54) is 4.68 Å². The highest BCUT2D eigenvalue weighted by molar-refractivity contribution is 5.89. The molecule has 0 unspecified atom stereocenters. The summed E-state index contributed by atoms with van der Waals surface area (Å²) in [5.74, 6) is 4.65. The van der Waals surface area contributed by atoms with Crippen LogP contribution in [0.15, 0.2) is 6.20 Å². The lowest BCUT2D eigenvalue weighted by Crippen LogP contribution is -1.99. The molecule has 74 valence electrons. The highest BCUT2D eigenvalue weighted by Crippen LogP contribution is 2.04. The molecule has 0 radical (unpaired) electrons. The summed E-state index contributed by atoms with van der Waals surface area (Å²) in [5.41, 5.74) is 6.04. The Morgan fingerprint density at radius 2 is 2.50 bits per heavy atom. The van der Waals surface area contributed by atoms with Crippen LogP contribution in [0, 0.1) is 11.8 Å². The summed E-state index contributed by atoms with van der Waals surface area (Å²) >= 11 is 0. The van der Waals surface area contributed by atoms with Crippen molar-refractivity contribution >= 4 is 11.8 Å². The molecular formula is C9H11N3O2. The summed E-state index contributed by atoms with van der Waals surface area (Å²) in [4.78, 5) is 10.9. The molecule has 0 spiro atoms. The molecule has 1 aromatic heterocycles. The van der Waals surface area contributed by atoms with Gasteiger partial charge in [0.25, 0.3) is 0 Å².